The molecule has 1 amide bonds. The topological polar surface area (TPSA) is 49.6 Å². The Balaban J connectivity index is 2.12. The van der Waals surface area contributed by atoms with Gasteiger partial charge in [-0.1, -0.05) is 24.6 Å². The molecule has 1 heterocycles. The molecule has 0 aromatic heterocycles. The van der Waals surface area contributed by atoms with E-state index >= 15 is 0 Å². The average Bonchev–Trinajstić information content (AvgIpc) is 2.41. The minimum Gasteiger partial charge on any atom is -0.377 e. The maximum absolute atomic E-state index is 11.2. The number of likely N-dealkylation sites (tertiary alicyclic amines) is 1. The number of carbonyl (C=O) groups is 1. The quantitative estimate of drug-likeness (QED) is 0.894. The Morgan fingerprint density at radius 3 is 2.80 bits per heavy atom. The highest BCUT2D eigenvalue weighted by atomic mass is 16.1. The van der Waals surface area contributed by atoms with Gasteiger partial charge in [0.2, 0.25) is 5.91 Å². The molecule has 1 saturated heterocycles. The highest BCUT2D eigenvalue weighted by molar-refractivity contribution is 5.74. The zero-order valence-electron chi connectivity index (χ0n) is 12.5. The molecule has 2 N–H and O–H groups in total. The highest BCUT2D eigenvalue weighted by Crippen LogP contribution is 2.25. The molecule has 4 heteroatoms. The lowest BCUT2D eigenvalue weighted by Crippen LogP contribution is -2.41. The number of rotatable bonds is 5. The van der Waals surface area contributed by atoms with Gasteiger partial charge in [-0.15, -0.1) is 0 Å². The fourth-order valence-electron chi connectivity index (χ4n) is 3.03. The van der Waals surface area contributed by atoms with Crippen LogP contribution in [0.3, 0.4) is 0 Å². The van der Waals surface area contributed by atoms with Crippen molar-refractivity contribution in [1.82, 2.24) is 4.90 Å². The van der Waals surface area contributed by atoms with Crippen LogP contribution in [-0.2, 0) is 11.3 Å². The number of amides is 1. The van der Waals surface area contributed by atoms with Gasteiger partial charge < -0.3 is 10.6 Å². The van der Waals surface area contributed by atoms with Crippen molar-refractivity contribution in [2.24, 2.45) is 5.73 Å². The number of benzene rings is 1. The van der Waals surface area contributed by atoms with Crippen molar-refractivity contribution >= 4 is 11.6 Å². The normalized spacial score (nSPS) is 19.8. The molecule has 110 valence electrons. The third-order valence-electron chi connectivity index (χ3n) is 4.03. The van der Waals surface area contributed by atoms with E-state index in [1.807, 2.05) is 0 Å². The summed E-state index contributed by atoms with van der Waals surface area (Å²) in [6.07, 6.45) is 3.96. The van der Waals surface area contributed by atoms with Crippen LogP contribution in [0.2, 0.25) is 0 Å². The molecule has 20 heavy (non-hydrogen) atoms. The number of piperidine rings is 1. The summed E-state index contributed by atoms with van der Waals surface area (Å²) in [6.45, 7) is 1.95. The zero-order valence-corrected chi connectivity index (χ0v) is 12.5. The zero-order chi connectivity index (χ0) is 14.5. The SMILES string of the molecule is CN(C)c1ccccc1CN1CCCCC1CC(N)=O. The van der Waals surface area contributed by atoms with Crippen LogP contribution in [-0.4, -0.2) is 37.5 Å². The Bertz CT molecular complexity index is 459. The van der Waals surface area contributed by atoms with Gasteiger partial charge in [0.15, 0.2) is 0 Å². The third kappa shape index (κ3) is 3.73. The van der Waals surface area contributed by atoms with E-state index in [0.29, 0.717) is 12.5 Å². The molecule has 1 aliphatic rings. The fraction of sp³-hybridized carbons (Fsp3) is 0.562. The smallest absolute Gasteiger partial charge is 0.218 e. The molecule has 1 fully saturated rings. The molecule has 1 unspecified atom stereocenters. The van der Waals surface area contributed by atoms with Gasteiger partial charge in [0.25, 0.3) is 0 Å². The predicted molar refractivity (Wildman–Crippen MR) is 82.6 cm³/mol. The molecular formula is C16H25N3O. The van der Waals surface area contributed by atoms with Crippen molar-refractivity contribution in [3.8, 4) is 0 Å². The van der Waals surface area contributed by atoms with E-state index in [4.69, 9.17) is 5.73 Å². The van der Waals surface area contributed by atoms with Crippen LogP contribution in [0.15, 0.2) is 24.3 Å². The van der Waals surface area contributed by atoms with E-state index in [2.05, 4.69) is 48.2 Å². The van der Waals surface area contributed by atoms with Crippen molar-refractivity contribution in [3.05, 3.63) is 29.8 Å². The standard InChI is InChI=1S/C16H25N3O/c1-18(2)15-9-4-3-7-13(15)12-19-10-6-5-8-14(19)11-16(17)20/h3-4,7,9,14H,5-6,8,10-12H2,1-2H3,(H2,17,20). The molecule has 1 atom stereocenters. The van der Waals surface area contributed by atoms with Crippen LogP contribution in [0, 0.1) is 0 Å². The molecule has 4 nitrogen and oxygen atoms in total. The van der Waals surface area contributed by atoms with E-state index in [1.165, 1.54) is 24.1 Å². The van der Waals surface area contributed by atoms with Crippen LogP contribution in [0.5, 0.6) is 0 Å². The summed E-state index contributed by atoms with van der Waals surface area (Å²) in [4.78, 5) is 15.8. The summed E-state index contributed by atoms with van der Waals surface area (Å²) >= 11 is 0. The Morgan fingerprint density at radius 1 is 1.35 bits per heavy atom. The first-order chi connectivity index (χ1) is 9.58. The minimum absolute atomic E-state index is 0.192. The van der Waals surface area contributed by atoms with Gasteiger partial charge in [0.05, 0.1) is 0 Å². The van der Waals surface area contributed by atoms with Crippen molar-refractivity contribution in [3.63, 3.8) is 0 Å². The van der Waals surface area contributed by atoms with Crippen LogP contribution in [0.1, 0.15) is 31.2 Å². The first kappa shape index (κ1) is 14.9. The molecule has 2 rings (SSSR count). The number of primary amides is 1. The summed E-state index contributed by atoms with van der Waals surface area (Å²) in [5, 5.41) is 0. The molecule has 0 aliphatic carbocycles. The van der Waals surface area contributed by atoms with E-state index in [9.17, 15) is 4.79 Å². The van der Waals surface area contributed by atoms with E-state index in [0.717, 1.165) is 19.5 Å². The van der Waals surface area contributed by atoms with Crippen molar-refractivity contribution in [2.75, 3.05) is 25.5 Å². The number of hydrogen-bond acceptors (Lipinski definition) is 3. The van der Waals surface area contributed by atoms with E-state index in [1.54, 1.807) is 0 Å². The van der Waals surface area contributed by atoms with Gasteiger partial charge in [-0.05, 0) is 31.0 Å². The van der Waals surface area contributed by atoms with Gasteiger partial charge in [-0.2, -0.15) is 0 Å². The van der Waals surface area contributed by atoms with Gasteiger partial charge >= 0.3 is 0 Å². The molecule has 0 bridgehead atoms. The number of nitrogens with two attached hydrogens (primary N) is 1. The summed E-state index contributed by atoms with van der Waals surface area (Å²) in [7, 11) is 4.13. The Hall–Kier alpha value is -1.55. The second-order valence-corrected chi connectivity index (χ2v) is 5.81. The van der Waals surface area contributed by atoms with Crippen molar-refractivity contribution in [1.29, 1.82) is 0 Å². The van der Waals surface area contributed by atoms with Crippen LogP contribution in [0.25, 0.3) is 0 Å². The van der Waals surface area contributed by atoms with Crippen molar-refractivity contribution in [2.45, 2.75) is 38.3 Å². The summed E-state index contributed by atoms with van der Waals surface area (Å²) in [6, 6.07) is 8.76. The molecular weight excluding hydrogens is 250 g/mol. The largest absolute Gasteiger partial charge is 0.377 e. The fourth-order valence-corrected chi connectivity index (χ4v) is 3.03. The molecule has 1 aromatic carbocycles. The molecule has 0 spiro atoms. The second kappa shape index (κ2) is 6.75. The summed E-state index contributed by atoms with van der Waals surface area (Å²) < 4.78 is 0. The monoisotopic (exact) mass is 275 g/mol. The molecule has 0 radical (unpaired) electrons. The number of anilines is 1. The predicted octanol–water partition coefficient (Wildman–Crippen LogP) is 1.98. The number of carbonyl (C=O) groups excluding carboxylic acids is 1. The summed E-state index contributed by atoms with van der Waals surface area (Å²) in [5.41, 5.74) is 7.94. The average molecular weight is 275 g/mol. The van der Waals surface area contributed by atoms with E-state index < -0.39 is 0 Å². The van der Waals surface area contributed by atoms with Gasteiger partial charge in [0.1, 0.15) is 0 Å². The molecule has 1 aliphatic heterocycles. The molecule has 1 aromatic rings. The van der Waals surface area contributed by atoms with Gasteiger partial charge in [0, 0.05) is 38.8 Å². The first-order valence-electron chi connectivity index (χ1n) is 7.35. The van der Waals surface area contributed by atoms with Crippen molar-refractivity contribution < 1.29 is 4.79 Å². The lowest BCUT2D eigenvalue weighted by molar-refractivity contribution is -0.119. The van der Waals surface area contributed by atoms with Crippen LogP contribution < -0.4 is 10.6 Å². The maximum Gasteiger partial charge on any atom is 0.218 e. The Morgan fingerprint density at radius 2 is 2.10 bits per heavy atom. The van der Waals surface area contributed by atoms with E-state index in [-0.39, 0.29) is 5.91 Å². The Kier molecular flexibility index (Phi) is 5.01. The minimum atomic E-state index is -0.192. The summed E-state index contributed by atoms with van der Waals surface area (Å²) in [5.74, 6) is -0.192. The van der Waals surface area contributed by atoms with Crippen LogP contribution in [0.4, 0.5) is 5.69 Å². The second-order valence-electron chi connectivity index (χ2n) is 5.81. The van der Waals surface area contributed by atoms with Gasteiger partial charge in [-0.25, -0.2) is 0 Å². The van der Waals surface area contributed by atoms with Crippen LogP contribution >= 0.6 is 0 Å². The number of para-hydroxylation sites is 1. The number of nitrogens with zero attached hydrogens (tertiary/aromatic N) is 2. The maximum atomic E-state index is 11.2. The third-order valence-corrected chi connectivity index (χ3v) is 4.03. The first-order valence-corrected chi connectivity index (χ1v) is 7.35. The number of hydrogen-bond donors (Lipinski definition) is 1. The van der Waals surface area contributed by atoms with Gasteiger partial charge in [-0.3, -0.25) is 9.69 Å². The lowest BCUT2D eigenvalue weighted by atomic mass is 9.98. The molecule has 0 saturated carbocycles. The Labute approximate surface area is 121 Å². The highest BCUT2D eigenvalue weighted by Gasteiger charge is 2.24. The lowest BCUT2D eigenvalue weighted by Gasteiger charge is -2.36.